The summed E-state index contributed by atoms with van der Waals surface area (Å²) in [5.74, 6) is 0.130. The molecule has 0 saturated carbocycles. The van der Waals surface area contributed by atoms with Crippen LogP contribution in [-0.4, -0.2) is 38.0 Å². The van der Waals surface area contributed by atoms with Crippen LogP contribution in [-0.2, 0) is 9.59 Å². The normalized spacial score (nSPS) is 19.9. The number of carbonyl (C=O) groups excluding carboxylic acids is 2. The van der Waals surface area contributed by atoms with E-state index in [1.165, 1.54) is 0 Å². The van der Waals surface area contributed by atoms with Crippen LogP contribution in [0.2, 0.25) is 0 Å². The highest BCUT2D eigenvalue weighted by Gasteiger charge is 2.21. The van der Waals surface area contributed by atoms with Crippen molar-refractivity contribution < 1.29 is 9.59 Å². The highest BCUT2D eigenvalue weighted by molar-refractivity contribution is 5.80. The molecule has 1 aliphatic heterocycles. The van der Waals surface area contributed by atoms with Crippen LogP contribution >= 0.6 is 0 Å². The Labute approximate surface area is 90.0 Å². The fourth-order valence-electron chi connectivity index (χ4n) is 1.61. The molecule has 0 radical (unpaired) electrons. The lowest BCUT2D eigenvalue weighted by molar-refractivity contribution is -0.124. The minimum Gasteiger partial charge on any atom is -0.356 e. The molecule has 0 spiro atoms. The summed E-state index contributed by atoms with van der Waals surface area (Å²) >= 11 is 0. The van der Waals surface area contributed by atoms with Gasteiger partial charge < -0.3 is 16.0 Å². The molecular weight excluding hydrogens is 194 g/mol. The van der Waals surface area contributed by atoms with E-state index in [0.29, 0.717) is 19.5 Å². The van der Waals surface area contributed by atoms with Crippen LogP contribution in [0.15, 0.2) is 0 Å². The third kappa shape index (κ3) is 4.29. The van der Waals surface area contributed by atoms with Gasteiger partial charge >= 0.3 is 0 Å². The first kappa shape index (κ1) is 12.0. The molecule has 3 N–H and O–H groups in total. The zero-order valence-corrected chi connectivity index (χ0v) is 9.14. The molecule has 2 amide bonds. The zero-order valence-electron chi connectivity index (χ0n) is 9.14. The van der Waals surface area contributed by atoms with Gasteiger partial charge in [0, 0.05) is 26.1 Å². The Bertz CT molecular complexity index is 225. The summed E-state index contributed by atoms with van der Waals surface area (Å²) < 4.78 is 0. The topological polar surface area (TPSA) is 70.2 Å². The van der Waals surface area contributed by atoms with Crippen molar-refractivity contribution in [3.63, 3.8) is 0 Å². The van der Waals surface area contributed by atoms with E-state index in [1.807, 2.05) is 6.92 Å². The van der Waals surface area contributed by atoms with Crippen molar-refractivity contribution >= 4 is 11.8 Å². The van der Waals surface area contributed by atoms with Crippen molar-refractivity contribution in [1.82, 2.24) is 16.0 Å². The molecule has 86 valence electrons. The molecule has 5 heteroatoms. The van der Waals surface area contributed by atoms with Crippen molar-refractivity contribution in [2.75, 3.05) is 26.2 Å². The first-order valence-corrected chi connectivity index (χ1v) is 5.49. The van der Waals surface area contributed by atoms with Gasteiger partial charge in [0.15, 0.2) is 0 Å². The summed E-state index contributed by atoms with van der Waals surface area (Å²) in [5, 5.41) is 8.59. The van der Waals surface area contributed by atoms with Crippen molar-refractivity contribution in [3.05, 3.63) is 0 Å². The summed E-state index contributed by atoms with van der Waals surface area (Å²) in [5.41, 5.74) is 0. The summed E-state index contributed by atoms with van der Waals surface area (Å²) in [6.07, 6.45) is 1.26. The fourth-order valence-corrected chi connectivity index (χ4v) is 1.61. The molecule has 1 aliphatic rings. The monoisotopic (exact) mass is 213 g/mol. The van der Waals surface area contributed by atoms with E-state index in [4.69, 9.17) is 0 Å². The molecule has 1 saturated heterocycles. The average Bonchev–Trinajstić information content (AvgIpc) is 2.70. The Hall–Kier alpha value is -1.10. The van der Waals surface area contributed by atoms with Gasteiger partial charge in [0.2, 0.25) is 11.8 Å². The van der Waals surface area contributed by atoms with Gasteiger partial charge in [-0.2, -0.15) is 0 Å². The molecule has 1 fully saturated rings. The molecule has 0 aromatic heterocycles. The smallest absolute Gasteiger partial charge is 0.224 e. The first-order chi connectivity index (χ1) is 7.24. The molecule has 15 heavy (non-hydrogen) atoms. The van der Waals surface area contributed by atoms with Gasteiger partial charge in [0.1, 0.15) is 0 Å². The van der Waals surface area contributed by atoms with Crippen LogP contribution in [0.1, 0.15) is 19.8 Å². The van der Waals surface area contributed by atoms with Crippen LogP contribution < -0.4 is 16.0 Å². The standard InChI is InChI=1S/C10H19N3O2/c1-2-12-9(14)4-6-13-10(15)8-3-5-11-7-8/h8,11H,2-7H2,1H3,(H,12,14)(H,13,15). The lowest BCUT2D eigenvalue weighted by Crippen LogP contribution is -2.35. The Balaban J connectivity index is 2.08. The molecule has 1 heterocycles. The molecule has 1 atom stereocenters. The highest BCUT2D eigenvalue weighted by Crippen LogP contribution is 2.06. The average molecular weight is 213 g/mol. The molecule has 0 bridgehead atoms. The molecule has 0 aromatic rings. The zero-order chi connectivity index (χ0) is 11.1. The fraction of sp³-hybridized carbons (Fsp3) is 0.800. The SMILES string of the molecule is CCNC(=O)CCNC(=O)C1CCNC1. The number of rotatable bonds is 5. The lowest BCUT2D eigenvalue weighted by Gasteiger charge is -2.09. The van der Waals surface area contributed by atoms with Gasteiger partial charge in [0.25, 0.3) is 0 Å². The molecular formula is C10H19N3O2. The third-order valence-corrected chi connectivity index (χ3v) is 2.46. The summed E-state index contributed by atoms with van der Waals surface area (Å²) in [6, 6.07) is 0. The van der Waals surface area contributed by atoms with E-state index in [-0.39, 0.29) is 17.7 Å². The van der Waals surface area contributed by atoms with Gasteiger partial charge in [-0.25, -0.2) is 0 Å². The van der Waals surface area contributed by atoms with E-state index in [0.717, 1.165) is 19.5 Å². The van der Waals surface area contributed by atoms with Gasteiger partial charge in [-0.15, -0.1) is 0 Å². The maximum absolute atomic E-state index is 11.5. The first-order valence-electron chi connectivity index (χ1n) is 5.49. The summed E-state index contributed by atoms with van der Waals surface area (Å²) in [4.78, 5) is 22.6. The van der Waals surface area contributed by atoms with Crippen LogP contribution in [0.4, 0.5) is 0 Å². The molecule has 5 nitrogen and oxygen atoms in total. The second-order valence-corrected chi connectivity index (χ2v) is 3.68. The minimum absolute atomic E-state index is 0.0117. The van der Waals surface area contributed by atoms with Crippen LogP contribution in [0, 0.1) is 5.92 Å². The summed E-state index contributed by atoms with van der Waals surface area (Å²) in [7, 11) is 0. The maximum Gasteiger partial charge on any atom is 0.224 e. The third-order valence-electron chi connectivity index (χ3n) is 2.46. The van der Waals surface area contributed by atoms with E-state index in [1.54, 1.807) is 0 Å². The van der Waals surface area contributed by atoms with Crippen LogP contribution in [0.5, 0.6) is 0 Å². The molecule has 1 rings (SSSR count). The van der Waals surface area contributed by atoms with Crippen molar-refractivity contribution in [1.29, 1.82) is 0 Å². The van der Waals surface area contributed by atoms with Crippen molar-refractivity contribution in [3.8, 4) is 0 Å². The van der Waals surface area contributed by atoms with E-state index >= 15 is 0 Å². The second-order valence-electron chi connectivity index (χ2n) is 3.68. The number of hydrogen-bond acceptors (Lipinski definition) is 3. The van der Waals surface area contributed by atoms with E-state index in [9.17, 15) is 9.59 Å². The molecule has 1 unspecified atom stereocenters. The highest BCUT2D eigenvalue weighted by atomic mass is 16.2. The van der Waals surface area contributed by atoms with E-state index in [2.05, 4.69) is 16.0 Å². The maximum atomic E-state index is 11.5. The lowest BCUT2D eigenvalue weighted by atomic mass is 10.1. The molecule has 0 aromatic carbocycles. The minimum atomic E-state index is -0.0117. The molecule has 0 aliphatic carbocycles. The van der Waals surface area contributed by atoms with Gasteiger partial charge in [0.05, 0.1) is 5.92 Å². The van der Waals surface area contributed by atoms with Crippen LogP contribution in [0.3, 0.4) is 0 Å². The Morgan fingerprint density at radius 3 is 2.80 bits per heavy atom. The predicted octanol–water partition coefficient (Wildman–Crippen LogP) is -0.762. The Morgan fingerprint density at radius 2 is 2.20 bits per heavy atom. The van der Waals surface area contributed by atoms with Crippen LogP contribution in [0.25, 0.3) is 0 Å². The van der Waals surface area contributed by atoms with Gasteiger partial charge in [-0.05, 0) is 19.9 Å². The van der Waals surface area contributed by atoms with Crippen molar-refractivity contribution in [2.45, 2.75) is 19.8 Å². The largest absolute Gasteiger partial charge is 0.356 e. The number of carbonyl (C=O) groups is 2. The summed E-state index contributed by atoms with van der Waals surface area (Å²) in [6.45, 7) is 4.61. The predicted molar refractivity (Wildman–Crippen MR) is 57.3 cm³/mol. The van der Waals surface area contributed by atoms with E-state index < -0.39 is 0 Å². The quantitative estimate of drug-likeness (QED) is 0.562. The Morgan fingerprint density at radius 1 is 1.40 bits per heavy atom. The number of amides is 2. The number of hydrogen-bond donors (Lipinski definition) is 3. The van der Waals surface area contributed by atoms with Gasteiger partial charge in [-0.3, -0.25) is 9.59 Å². The van der Waals surface area contributed by atoms with Crippen molar-refractivity contribution in [2.24, 2.45) is 5.92 Å². The second kappa shape index (κ2) is 6.40. The number of nitrogens with one attached hydrogen (secondary N) is 3. The Kier molecular flexibility index (Phi) is 5.10. The van der Waals surface area contributed by atoms with Gasteiger partial charge in [-0.1, -0.05) is 0 Å².